The van der Waals surface area contributed by atoms with Gasteiger partial charge in [-0.2, -0.15) is 0 Å². The summed E-state index contributed by atoms with van der Waals surface area (Å²) in [7, 11) is -2.92. The number of aromatic nitrogens is 2. The van der Waals surface area contributed by atoms with Crippen molar-refractivity contribution in [3.8, 4) is 0 Å². The van der Waals surface area contributed by atoms with Crippen molar-refractivity contribution < 1.29 is 8.42 Å². The van der Waals surface area contributed by atoms with Crippen LogP contribution in [-0.4, -0.2) is 42.5 Å². The first-order valence-corrected chi connectivity index (χ1v) is 9.31. The molecule has 1 aromatic heterocycles. The number of rotatable bonds is 5. The highest BCUT2D eigenvalue weighted by Gasteiger charge is 2.25. The van der Waals surface area contributed by atoms with Crippen molar-refractivity contribution in [1.82, 2.24) is 9.97 Å². The van der Waals surface area contributed by atoms with Gasteiger partial charge in [-0.3, -0.25) is 0 Å². The molecule has 1 aromatic rings. The highest BCUT2D eigenvalue weighted by Crippen LogP contribution is 2.20. The van der Waals surface area contributed by atoms with E-state index in [1.54, 1.807) is 0 Å². The van der Waals surface area contributed by atoms with Crippen LogP contribution in [0.1, 0.15) is 45.4 Å². The average Bonchev–Trinajstić information content (AvgIpc) is 2.37. The Bertz CT molecular complexity index is 587. The molecule has 0 aromatic carbocycles. The first-order chi connectivity index (χ1) is 9.89. The van der Waals surface area contributed by atoms with Crippen LogP contribution in [0.25, 0.3) is 0 Å². The molecule has 1 unspecified atom stereocenters. The zero-order valence-corrected chi connectivity index (χ0v) is 13.7. The minimum Gasteiger partial charge on any atom is -0.370 e. The van der Waals surface area contributed by atoms with E-state index in [0.29, 0.717) is 18.0 Å². The van der Waals surface area contributed by atoms with E-state index in [4.69, 9.17) is 0 Å². The molecule has 1 fully saturated rings. The van der Waals surface area contributed by atoms with E-state index in [9.17, 15) is 8.42 Å². The summed E-state index contributed by atoms with van der Waals surface area (Å²) in [6.07, 6.45) is 1.57. The van der Waals surface area contributed by atoms with Crippen molar-refractivity contribution in [1.29, 1.82) is 0 Å². The predicted octanol–water partition coefficient (Wildman–Crippen LogP) is 2.02. The van der Waals surface area contributed by atoms with Gasteiger partial charge in [0.15, 0.2) is 9.84 Å². The van der Waals surface area contributed by atoms with E-state index < -0.39 is 9.84 Å². The Morgan fingerprint density at radius 1 is 1.33 bits per heavy atom. The third-order valence-corrected chi connectivity index (χ3v) is 5.25. The van der Waals surface area contributed by atoms with Gasteiger partial charge in [0, 0.05) is 24.6 Å². The van der Waals surface area contributed by atoms with Crippen LogP contribution in [-0.2, 0) is 9.84 Å². The number of hydrogen-bond acceptors (Lipinski definition) is 6. The maximum absolute atomic E-state index is 11.7. The van der Waals surface area contributed by atoms with Gasteiger partial charge in [-0.25, -0.2) is 18.4 Å². The lowest BCUT2D eigenvalue weighted by Gasteiger charge is -2.24. The van der Waals surface area contributed by atoms with E-state index in [0.717, 1.165) is 24.6 Å². The van der Waals surface area contributed by atoms with Gasteiger partial charge in [-0.1, -0.05) is 13.8 Å². The van der Waals surface area contributed by atoms with Gasteiger partial charge < -0.3 is 10.6 Å². The number of sulfone groups is 1. The van der Waals surface area contributed by atoms with Crippen molar-refractivity contribution in [3.63, 3.8) is 0 Å². The second kappa shape index (κ2) is 6.60. The summed E-state index contributed by atoms with van der Waals surface area (Å²) >= 11 is 0. The summed E-state index contributed by atoms with van der Waals surface area (Å²) in [5.41, 5.74) is 0. The third kappa shape index (κ3) is 4.56. The van der Waals surface area contributed by atoms with Crippen LogP contribution in [0.15, 0.2) is 6.07 Å². The first kappa shape index (κ1) is 16.0. The third-order valence-electron chi connectivity index (χ3n) is 3.43. The number of hydrogen-bond donors (Lipinski definition) is 2. The molecular formula is C14H24N4O2S. The van der Waals surface area contributed by atoms with Crippen molar-refractivity contribution in [2.24, 2.45) is 0 Å². The molecule has 2 rings (SSSR count). The van der Waals surface area contributed by atoms with Crippen molar-refractivity contribution in [2.75, 3.05) is 28.7 Å². The Morgan fingerprint density at radius 2 is 2.05 bits per heavy atom. The lowest BCUT2D eigenvalue weighted by molar-refractivity contribution is 0.561. The van der Waals surface area contributed by atoms with Crippen LogP contribution in [0.4, 0.5) is 11.6 Å². The molecule has 1 saturated heterocycles. The monoisotopic (exact) mass is 312 g/mol. The van der Waals surface area contributed by atoms with Gasteiger partial charge in [-0.05, 0) is 19.8 Å². The van der Waals surface area contributed by atoms with E-state index in [-0.39, 0.29) is 17.7 Å². The largest absolute Gasteiger partial charge is 0.370 e. The SMILES string of the molecule is CCNc1cc(NC2CCCS(=O)(=O)C2)nc(C(C)C)n1. The van der Waals surface area contributed by atoms with Crippen molar-refractivity contribution in [3.05, 3.63) is 11.9 Å². The van der Waals surface area contributed by atoms with Crippen LogP contribution in [0, 0.1) is 0 Å². The summed E-state index contributed by atoms with van der Waals surface area (Å²) in [5.74, 6) is 2.94. The molecule has 6 nitrogen and oxygen atoms in total. The molecule has 2 N–H and O–H groups in total. The van der Waals surface area contributed by atoms with Gasteiger partial charge in [-0.15, -0.1) is 0 Å². The Hall–Kier alpha value is -1.37. The van der Waals surface area contributed by atoms with Crippen LogP contribution >= 0.6 is 0 Å². The summed E-state index contributed by atoms with van der Waals surface area (Å²) in [6, 6.07) is 1.78. The molecule has 7 heteroatoms. The zero-order chi connectivity index (χ0) is 15.5. The highest BCUT2D eigenvalue weighted by atomic mass is 32.2. The fourth-order valence-electron chi connectivity index (χ4n) is 2.42. The van der Waals surface area contributed by atoms with Gasteiger partial charge in [0.2, 0.25) is 0 Å². The lowest BCUT2D eigenvalue weighted by Crippen LogP contribution is -2.35. The number of nitrogens with one attached hydrogen (secondary N) is 2. The zero-order valence-electron chi connectivity index (χ0n) is 12.9. The standard InChI is InChI=1S/C14H24N4O2S/c1-4-15-12-8-13(18-14(17-12)10(2)3)16-11-6-5-7-21(19,20)9-11/h8,10-11H,4-7,9H2,1-3H3,(H2,15,16,17,18). The summed E-state index contributed by atoms with van der Waals surface area (Å²) in [4.78, 5) is 8.96. The minimum atomic E-state index is -2.92. The molecule has 2 heterocycles. The fraction of sp³-hybridized carbons (Fsp3) is 0.714. The highest BCUT2D eigenvalue weighted by molar-refractivity contribution is 7.91. The molecule has 0 bridgehead atoms. The molecule has 0 saturated carbocycles. The smallest absolute Gasteiger partial charge is 0.152 e. The van der Waals surface area contributed by atoms with Gasteiger partial charge in [0.25, 0.3) is 0 Å². The maximum Gasteiger partial charge on any atom is 0.152 e. The maximum atomic E-state index is 11.7. The predicted molar refractivity (Wildman–Crippen MR) is 85.6 cm³/mol. The Morgan fingerprint density at radius 3 is 2.67 bits per heavy atom. The molecule has 0 spiro atoms. The van der Waals surface area contributed by atoms with Crippen LogP contribution < -0.4 is 10.6 Å². The van der Waals surface area contributed by atoms with Gasteiger partial charge in [0.05, 0.1) is 11.5 Å². The minimum absolute atomic E-state index is 0.0619. The molecule has 118 valence electrons. The quantitative estimate of drug-likeness (QED) is 0.865. The van der Waals surface area contributed by atoms with Crippen molar-refractivity contribution in [2.45, 2.75) is 45.6 Å². The fourth-order valence-corrected chi connectivity index (χ4v) is 4.05. The van der Waals surface area contributed by atoms with E-state index in [2.05, 4.69) is 20.6 Å². The Kier molecular flexibility index (Phi) is 5.03. The number of nitrogens with zero attached hydrogens (tertiary/aromatic N) is 2. The number of anilines is 2. The molecule has 0 aliphatic carbocycles. The van der Waals surface area contributed by atoms with Crippen LogP contribution in [0.3, 0.4) is 0 Å². The van der Waals surface area contributed by atoms with E-state index >= 15 is 0 Å². The van der Waals surface area contributed by atoms with Gasteiger partial charge >= 0.3 is 0 Å². The lowest BCUT2D eigenvalue weighted by atomic mass is 10.2. The molecule has 1 aliphatic heterocycles. The normalized spacial score (nSPS) is 21.2. The Labute approximate surface area is 126 Å². The summed E-state index contributed by atoms with van der Waals surface area (Å²) in [6.45, 7) is 6.88. The van der Waals surface area contributed by atoms with E-state index in [1.165, 1.54) is 0 Å². The van der Waals surface area contributed by atoms with Crippen LogP contribution in [0.5, 0.6) is 0 Å². The Balaban J connectivity index is 2.18. The first-order valence-electron chi connectivity index (χ1n) is 7.49. The molecule has 0 amide bonds. The second-order valence-corrected chi connectivity index (χ2v) is 8.01. The van der Waals surface area contributed by atoms with Crippen LogP contribution in [0.2, 0.25) is 0 Å². The molecule has 0 radical (unpaired) electrons. The topological polar surface area (TPSA) is 84.0 Å². The van der Waals surface area contributed by atoms with E-state index in [1.807, 2.05) is 26.8 Å². The molecule has 21 heavy (non-hydrogen) atoms. The summed E-state index contributed by atoms with van der Waals surface area (Å²) in [5, 5.41) is 6.45. The molecule has 1 atom stereocenters. The second-order valence-electron chi connectivity index (χ2n) is 5.78. The van der Waals surface area contributed by atoms with Gasteiger partial charge in [0.1, 0.15) is 17.5 Å². The molecule has 1 aliphatic rings. The van der Waals surface area contributed by atoms with Crippen molar-refractivity contribution >= 4 is 21.5 Å². The molecular weight excluding hydrogens is 288 g/mol. The summed E-state index contributed by atoms with van der Waals surface area (Å²) < 4.78 is 23.4. The average molecular weight is 312 g/mol.